The van der Waals surface area contributed by atoms with Crippen LogP contribution in [0.15, 0.2) is 72.8 Å². The van der Waals surface area contributed by atoms with Crippen molar-refractivity contribution in [2.45, 2.75) is 83.3 Å². The highest BCUT2D eigenvalue weighted by Gasteiger charge is 2.61. The molecule has 0 unspecified atom stereocenters. The van der Waals surface area contributed by atoms with Crippen LogP contribution < -0.4 is 9.64 Å². The van der Waals surface area contributed by atoms with E-state index in [2.05, 4.69) is 17.9 Å². The third-order valence-electron chi connectivity index (χ3n) is 11.6. The first kappa shape index (κ1) is 39.6. The fraction of sp³-hybridized carbons (Fsp3) is 0.488. The fourth-order valence-corrected chi connectivity index (χ4v) is 9.52. The second kappa shape index (κ2) is 18.0. The van der Waals surface area contributed by atoms with E-state index >= 15 is 0 Å². The lowest BCUT2D eigenvalue weighted by Crippen LogP contribution is -2.47. The zero-order valence-electron chi connectivity index (χ0n) is 31.0. The molecule has 6 atom stereocenters. The van der Waals surface area contributed by atoms with Crippen LogP contribution in [0.2, 0.25) is 0 Å². The largest absolute Gasteiger partial charge is 0.459 e. The van der Waals surface area contributed by atoms with Gasteiger partial charge in [-0.2, -0.15) is 0 Å². The number of carbonyl (C=O) groups excluding carboxylic acids is 4. The second-order valence-electron chi connectivity index (χ2n) is 14.9. The van der Waals surface area contributed by atoms with Crippen molar-refractivity contribution in [1.29, 1.82) is 0 Å². The second-order valence-corrected chi connectivity index (χ2v) is 15.7. The van der Waals surface area contributed by atoms with Crippen LogP contribution in [0.4, 0.5) is 5.69 Å². The quantitative estimate of drug-likeness (QED) is 0.0656. The summed E-state index contributed by atoms with van der Waals surface area (Å²) in [5.74, 6) is 0.388. The summed E-state index contributed by atoms with van der Waals surface area (Å²) in [5.41, 5.74) is 4.67. The zero-order chi connectivity index (χ0) is 38.2. The van der Waals surface area contributed by atoms with Gasteiger partial charge in [-0.1, -0.05) is 43.3 Å². The summed E-state index contributed by atoms with van der Waals surface area (Å²) in [6.07, 6.45) is 4.19. The van der Waals surface area contributed by atoms with Crippen molar-refractivity contribution in [2.24, 2.45) is 17.3 Å². The Balaban J connectivity index is 1.02. The van der Waals surface area contributed by atoms with Crippen LogP contribution in [-0.4, -0.2) is 67.5 Å². The molecule has 0 aliphatic heterocycles. The molecule has 0 spiro atoms. The summed E-state index contributed by atoms with van der Waals surface area (Å²) < 4.78 is 22.9. The van der Waals surface area contributed by atoms with Gasteiger partial charge in [-0.05, 0) is 116 Å². The number of halogens is 2. The number of anilines is 1. The Bertz CT molecular complexity index is 1780. The molecule has 0 radical (unpaired) electrons. The van der Waals surface area contributed by atoms with Gasteiger partial charge in [0.2, 0.25) is 0 Å². The molecule has 54 heavy (non-hydrogen) atoms. The summed E-state index contributed by atoms with van der Waals surface area (Å²) in [4.78, 5) is 52.8. The summed E-state index contributed by atoms with van der Waals surface area (Å²) >= 11 is 11.9. The topological polar surface area (TPSA) is 108 Å². The SMILES string of the molecule is CC(=O)O[C@@H]1C[C@H]2[C@@H]3CCc4cc(OC(=O)c5ccccc5)ccc4[C@H]3CC[C@]2(C)[C@H]1OC(=O)COC(=O)CCCc1ccc(N(CCCl)CCCl)cc1. The summed E-state index contributed by atoms with van der Waals surface area (Å²) in [7, 11) is 0. The number of hydrogen-bond acceptors (Lipinski definition) is 9. The van der Waals surface area contributed by atoms with Gasteiger partial charge in [0.1, 0.15) is 18.0 Å². The lowest BCUT2D eigenvalue weighted by molar-refractivity contribution is -0.178. The maximum absolute atomic E-state index is 13.2. The molecule has 288 valence electrons. The van der Waals surface area contributed by atoms with Crippen molar-refractivity contribution >= 4 is 52.8 Å². The highest BCUT2D eigenvalue weighted by Crippen LogP contribution is 2.62. The standard InChI is InChI=1S/C43H49Cl2NO8/c1-28(47)52-38-26-37-36-17-13-31-25-33(53-42(50)30-8-4-3-5-9-30)16-18-34(31)35(36)19-20-43(37,2)41(38)54-40(49)27-51-39(48)10-6-7-29-11-14-32(15-12-29)46(23-21-44)24-22-45/h3-5,8-9,11-12,14-16,18,25,35-38,41H,6-7,10,13,17,19-24,26-27H2,1-2H3/t35-,36-,37+,38-,41+,43+/m1/s1. The third-order valence-corrected chi connectivity index (χ3v) is 12.0. The molecule has 3 aliphatic rings. The van der Waals surface area contributed by atoms with E-state index in [4.69, 9.17) is 42.1 Å². The first-order valence-corrected chi connectivity index (χ1v) is 20.0. The summed E-state index contributed by atoms with van der Waals surface area (Å²) in [5, 5.41) is 0. The van der Waals surface area contributed by atoms with Gasteiger partial charge in [-0.25, -0.2) is 9.59 Å². The Morgan fingerprint density at radius 3 is 2.33 bits per heavy atom. The van der Waals surface area contributed by atoms with Crippen LogP contribution in [0.5, 0.6) is 5.75 Å². The normalized spacial score (nSPS) is 24.0. The smallest absolute Gasteiger partial charge is 0.344 e. The van der Waals surface area contributed by atoms with Gasteiger partial charge in [0, 0.05) is 49.3 Å². The highest BCUT2D eigenvalue weighted by molar-refractivity contribution is 6.18. The maximum Gasteiger partial charge on any atom is 0.344 e. The molecule has 0 bridgehead atoms. The van der Waals surface area contributed by atoms with Gasteiger partial charge in [-0.3, -0.25) is 9.59 Å². The lowest BCUT2D eigenvalue weighted by Gasteiger charge is -2.50. The number of alkyl halides is 2. The van der Waals surface area contributed by atoms with Gasteiger partial charge in [0.15, 0.2) is 6.61 Å². The van der Waals surface area contributed by atoms with Crippen molar-refractivity contribution in [2.75, 3.05) is 36.4 Å². The van der Waals surface area contributed by atoms with Crippen LogP contribution in [0.25, 0.3) is 0 Å². The number of carbonyl (C=O) groups is 4. The Hall–Kier alpha value is -4.08. The lowest BCUT2D eigenvalue weighted by atomic mass is 9.55. The zero-order valence-corrected chi connectivity index (χ0v) is 32.5. The number of ether oxygens (including phenoxy) is 4. The molecular weight excluding hydrogens is 729 g/mol. The molecule has 11 heteroatoms. The van der Waals surface area contributed by atoms with Crippen LogP contribution >= 0.6 is 23.2 Å². The molecule has 0 aromatic heterocycles. The molecule has 0 saturated heterocycles. The Kier molecular flexibility index (Phi) is 13.2. The molecule has 3 aromatic carbocycles. The Labute approximate surface area is 327 Å². The fourth-order valence-electron chi connectivity index (χ4n) is 9.11. The van der Waals surface area contributed by atoms with E-state index in [1.54, 1.807) is 12.1 Å². The molecule has 0 heterocycles. The van der Waals surface area contributed by atoms with Crippen LogP contribution in [0, 0.1) is 17.3 Å². The first-order valence-electron chi connectivity index (χ1n) is 19.0. The minimum Gasteiger partial charge on any atom is -0.459 e. The van der Waals surface area contributed by atoms with E-state index < -0.39 is 42.1 Å². The molecule has 9 nitrogen and oxygen atoms in total. The number of rotatable bonds is 15. The van der Waals surface area contributed by atoms with E-state index in [9.17, 15) is 19.2 Å². The predicted molar refractivity (Wildman–Crippen MR) is 207 cm³/mol. The molecule has 2 fully saturated rings. The van der Waals surface area contributed by atoms with Gasteiger partial charge >= 0.3 is 23.9 Å². The van der Waals surface area contributed by atoms with Crippen molar-refractivity contribution < 1.29 is 38.1 Å². The summed E-state index contributed by atoms with van der Waals surface area (Å²) in [6.45, 7) is 4.44. The van der Waals surface area contributed by atoms with Crippen molar-refractivity contribution in [3.05, 3.63) is 95.1 Å². The monoisotopic (exact) mass is 777 g/mol. The predicted octanol–water partition coefficient (Wildman–Crippen LogP) is 8.07. The van der Waals surface area contributed by atoms with Gasteiger partial charge < -0.3 is 23.8 Å². The molecular formula is C43H49Cl2NO8. The number of benzene rings is 3. The highest BCUT2D eigenvalue weighted by atomic mass is 35.5. The van der Waals surface area contributed by atoms with E-state index in [0.29, 0.717) is 67.3 Å². The Morgan fingerprint density at radius 2 is 1.63 bits per heavy atom. The third kappa shape index (κ3) is 9.23. The maximum atomic E-state index is 13.2. The van der Waals surface area contributed by atoms with Crippen LogP contribution in [0.3, 0.4) is 0 Å². The molecule has 0 N–H and O–H groups in total. The van der Waals surface area contributed by atoms with E-state index in [0.717, 1.165) is 36.9 Å². The number of aryl methyl sites for hydroxylation is 2. The Morgan fingerprint density at radius 1 is 0.889 bits per heavy atom. The van der Waals surface area contributed by atoms with E-state index in [1.807, 2.05) is 54.6 Å². The number of hydrogen-bond donors (Lipinski definition) is 0. The average Bonchev–Trinajstić information content (AvgIpc) is 3.44. The number of nitrogens with zero attached hydrogens (tertiary/aromatic N) is 1. The molecule has 2 saturated carbocycles. The molecule has 3 aromatic rings. The van der Waals surface area contributed by atoms with Gasteiger partial charge in [-0.15, -0.1) is 23.2 Å². The van der Waals surface area contributed by atoms with Crippen LogP contribution in [0.1, 0.15) is 85.3 Å². The van der Waals surface area contributed by atoms with Gasteiger partial charge in [0.25, 0.3) is 0 Å². The molecule has 6 rings (SSSR count). The minimum absolute atomic E-state index is 0.155. The van der Waals surface area contributed by atoms with Crippen molar-refractivity contribution in [3.8, 4) is 5.75 Å². The summed E-state index contributed by atoms with van der Waals surface area (Å²) in [6, 6.07) is 23.0. The van der Waals surface area contributed by atoms with E-state index in [-0.39, 0.29) is 18.3 Å². The van der Waals surface area contributed by atoms with Crippen molar-refractivity contribution in [1.82, 2.24) is 0 Å². The van der Waals surface area contributed by atoms with Gasteiger partial charge in [0.05, 0.1) is 5.56 Å². The number of fused-ring (bicyclic) bond motifs is 5. The average molecular weight is 779 g/mol. The van der Waals surface area contributed by atoms with Crippen LogP contribution in [-0.2, 0) is 41.4 Å². The number of esters is 4. The van der Waals surface area contributed by atoms with Crippen molar-refractivity contribution in [3.63, 3.8) is 0 Å². The molecule has 0 amide bonds. The van der Waals surface area contributed by atoms with E-state index in [1.165, 1.54) is 18.1 Å². The molecule has 3 aliphatic carbocycles. The minimum atomic E-state index is -0.646. The first-order chi connectivity index (χ1) is 26.1.